The summed E-state index contributed by atoms with van der Waals surface area (Å²) in [5.74, 6) is -1.04. The molecular weight excluding hydrogens is 400 g/mol. The van der Waals surface area contributed by atoms with E-state index in [1.54, 1.807) is 24.3 Å². The Kier molecular flexibility index (Phi) is 6.17. The van der Waals surface area contributed by atoms with E-state index in [9.17, 15) is 18.0 Å². The Morgan fingerprint density at radius 1 is 0.733 bits per heavy atom. The van der Waals surface area contributed by atoms with Crippen LogP contribution in [0.4, 0.5) is 0 Å². The van der Waals surface area contributed by atoms with E-state index in [1.807, 2.05) is 38.1 Å². The van der Waals surface area contributed by atoms with Crippen LogP contribution in [0.5, 0.6) is 0 Å². The van der Waals surface area contributed by atoms with Gasteiger partial charge >= 0.3 is 5.97 Å². The SMILES string of the molecule is Cc1ccc(C(=O)[C@@H](OC(=O)c2ccc(S(C)(=O)=O)cc2)c2ccc(C)cc2)cc1. The van der Waals surface area contributed by atoms with Gasteiger partial charge in [0.15, 0.2) is 15.9 Å². The molecule has 0 spiro atoms. The number of esters is 1. The largest absolute Gasteiger partial charge is 0.445 e. The molecule has 0 heterocycles. The molecule has 5 nitrogen and oxygen atoms in total. The molecule has 0 amide bonds. The molecule has 0 saturated carbocycles. The van der Waals surface area contributed by atoms with E-state index in [-0.39, 0.29) is 16.2 Å². The highest BCUT2D eigenvalue weighted by Crippen LogP contribution is 2.25. The van der Waals surface area contributed by atoms with E-state index < -0.39 is 21.9 Å². The van der Waals surface area contributed by atoms with Gasteiger partial charge in [0.05, 0.1) is 10.5 Å². The summed E-state index contributed by atoms with van der Waals surface area (Å²) in [6, 6.07) is 19.7. The number of hydrogen-bond donors (Lipinski definition) is 0. The van der Waals surface area contributed by atoms with Gasteiger partial charge in [0.1, 0.15) is 0 Å². The second-order valence-electron chi connectivity index (χ2n) is 7.22. The van der Waals surface area contributed by atoms with Crippen LogP contribution in [0.1, 0.15) is 43.5 Å². The van der Waals surface area contributed by atoms with Crippen LogP contribution in [-0.4, -0.2) is 26.4 Å². The molecule has 30 heavy (non-hydrogen) atoms. The Labute approximate surface area is 176 Å². The van der Waals surface area contributed by atoms with Gasteiger partial charge in [-0.1, -0.05) is 59.7 Å². The minimum absolute atomic E-state index is 0.102. The minimum atomic E-state index is -3.37. The van der Waals surface area contributed by atoms with E-state index in [0.717, 1.165) is 17.4 Å². The number of sulfone groups is 1. The zero-order valence-corrected chi connectivity index (χ0v) is 17.8. The second kappa shape index (κ2) is 8.63. The molecule has 0 radical (unpaired) electrons. The molecule has 0 aliphatic heterocycles. The van der Waals surface area contributed by atoms with Gasteiger partial charge in [-0.15, -0.1) is 0 Å². The van der Waals surface area contributed by atoms with Crippen molar-refractivity contribution in [3.05, 3.63) is 101 Å². The fraction of sp³-hybridized carbons (Fsp3) is 0.167. The van der Waals surface area contributed by atoms with Crippen LogP contribution in [0.2, 0.25) is 0 Å². The van der Waals surface area contributed by atoms with Gasteiger partial charge in [-0.2, -0.15) is 0 Å². The number of rotatable bonds is 6. The van der Waals surface area contributed by atoms with Crippen molar-refractivity contribution in [2.45, 2.75) is 24.8 Å². The van der Waals surface area contributed by atoms with Crippen LogP contribution >= 0.6 is 0 Å². The molecule has 0 aliphatic carbocycles. The molecule has 0 unspecified atom stereocenters. The predicted molar refractivity (Wildman–Crippen MR) is 114 cm³/mol. The fourth-order valence-corrected chi connectivity index (χ4v) is 3.53. The average molecular weight is 423 g/mol. The molecule has 0 aromatic heterocycles. The number of benzene rings is 3. The lowest BCUT2D eigenvalue weighted by Crippen LogP contribution is -2.20. The Morgan fingerprint density at radius 3 is 1.70 bits per heavy atom. The number of ether oxygens (including phenoxy) is 1. The van der Waals surface area contributed by atoms with E-state index >= 15 is 0 Å². The smallest absolute Gasteiger partial charge is 0.339 e. The van der Waals surface area contributed by atoms with Crippen molar-refractivity contribution in [3.63, 3.8) is 0 Å². The van der Waals surface area contributed by atoms with E-state index in [0.29, 0.717) is 11.1 Å². The van der Waals surface area contributed by atoms with Gasteiger partial charge in [0, 0.05) is 17.4 Å². The van der Waals surface area contributed by atoms with Gasteiger partial charge in [-0.25, -0.2) is 13.2 Å². The Balaban J connectivity index is 1.92. The molecule has 6 heteroatoms. The van der Waals surface area contributed by atoms with Crippen LogP contribution < -0.4 is 0 Å². The van der Waals surface area contributed by atoms with Gasteiger partial charge < -0.3 is 4.74 Å². The Morgan fingerprint density at radius 2 is 1.20 bits per heavy atom. The van der Waals surface area contributed by atoms with Crippen LogP contribution in [0, 0.1) is 13.8 Å². The number of aryl methyl sites for hydroxylation is 2. The molecule has 1 atom stereocenters. The van der Waals surface area contributed by atoms with Gasteiger partial charge in [0.25, 0.3) is 0 Å². The summed E-state index contributed by atoms with van der Waals surface area (Å²) >= 11 is 0. The molecule has 3 rings (SSSR count). The molecule has 0 N–H and O–H groups in total. The average Bonchev–Trinajstić information content (AvgIpc) is 2.72. The number of hydrogen-bond acceptors (Lipinski definition) is 5. The summed E-state index contributed by atoms with van der Waals surface area (Å²) in [6.45, 7) is 3.85. The summed E-state index contributed by atoms with van der Waals surface area (Å²) in [5, 5.41) is 0. The third-order valence-electron chi connectivity index (χ3n) is 4.70. The third kappa shape index (κ3) is 5.02. The van der Waals surface area contributed by atoms with Crippen LogP contribution in [0.15, 0.2) is 77.7 Å². The van der Waals surface area contributed by atoms with Gasteiger partial charge in [-0.05, 0) is 38.1 Å². The molecule has 0 bridgehead atoms. The quantitative estimate of drug-likeness (QED) is 0.432. The fourth-order valence-electron chi connectivity index (χ4n) is 2.90. The van der Waals surface area contributed by atoms with Crippen molar-refractivity contribution in [2.75, 3.05) is 6.26 Å². The first-order valence-corrected chi connectivity index (χ1v) is 11.2. The molecule has 3 aromatic carbocycles. The number of Topliss-reactive ketones (excluding diaryl/α,β-unsaturated/α-hetero) is 1. The second-order valence-corrected chi connectivity index (χ2v) is 9.24. The number of ketones is 1. The lowest BCUT2D eigenvalue weighted by molar-refractivity contribution is 0.0280. The van der Waals surface area contributed by atoms with Crippen LogP contribution in [0.25, 0.3) is 0 Å². The molecule has 3 aromatic rings. The Bertz CT molecular complexity index is 1160. The molecule has 0 saturated heterocycles. The number of carbonyl (C=O) groups is 2. The summed E-state index contributed by atoms with van der Waals surface area (Å²) in [6.07, 6.45) is -0.0241. The van der Waals surface area contributed by atoms with Crippen molar-refractivity contribution in [3.8, 4) is 0 Å². The zero-order valence-electron chi connectivity index (χ0n) is 17.0. The lowest BCUT2D eigenvalue weighted by atomic mass is 9.98. The molecular formula is C24H22O5S. The maximum Gasteiger partial charge on any atom is 0.339 e. The van der Waals surface area contributed by atoms with Crippen molar-refractivity contribution < 1.29 is 22.7 Å². The standard InChI is InChI=1S/C24H22O5S/c1-16-4-8-18(9-5-16)22(25)23(19-10-6-17(2)7-11-19)29-24(26)20-12-14-21(15-13-20)30(3,27)28/h4-15,23H,1-3H3/t23-/m0/s1. The zero-order chi connectivity index (χ0) is 21.9. The molecule has 154 valence electrons. The van der Waals surface area contributed by atoms with Crippen molar-refractivity contribution in [1.29, 1.82) is 0 Å². The Hall–Kier alpha value is -3.25. The first-order chi connectivity index (χ1) is 14.1. The predicted octanol–water partition coefficient (Wildman–Crippen LogP) is 4.49. The van der Waals surface area contributed by atoms with Crippen molar-refractivity contribution in [1.82, 2.24) is 0 Å². The highest BCUT2D eigenvalue weighted by Gasteiger charge is 2.27. The van der Waals surface area contributed by atoms with E-state index in [2.05, 4.69) is 0 Å². The summed E-state index contributed by atoms with van der Waals surface area (Å²) in [4.78, 5) is 26.0. The molecule has 0 aliphatic rings. The maximum atomic E-state index is 13.1. The van der Waals surface area contributed by atoms with E-state index in [4.69, 9.17) is 4.74 Å². The normalized spacial score (nSPS) is 12.2. The van der Waals surface area contributed by atoms with Crippen molar-refractivity contribution in [2.24, 2.45) is 0 Å². The topological polar surface area (TPSA) is 77.5 Å². The van der Waals surface area contributed by atoms with E-state index in [1.165, 1.54) is 24.3 Å². The minimum Gasteiger partial charge on any atom is -0.445 e. The summed E-state index contributed by atoms with van der Waals surface area (Å²) in [7, 11) is -3.37. The lowest BCUT2D eigenvalue weighted by Gasteiger charge is -2.18. The highest BCUT2D eigenvalue weighted by atomic mass is 32.2. The monoisotopic (exact) mass is 422 g/mol. The van der Waals surface area contributed by atoms with Crippen LogP contribution in [-0.2, 0) is 14.6 Å². The number of carbonyl (C=O) groups excluding carboxylic acids is 2. The van der Waals surface area contributed by atoms with Crippen LogP contribution in [0.3, 0.4) is 0 Å². The first kappa shape index (κ1) is 21.5. The summed E-state index contributed by atoms with van der Waals surface area (Å²) in [5.41, 5.74) is 3.19. The summed E-state index contributed by atoms with van der Waals surface area (Å²) < 4.78 is 28.8. The maximum absolute atomic E-state index is 13.1. The molecule has 0 fully saturated rings. The highest BCUT2D eigenvalue weighted by molar-refractivity contribution is 7.90. The van der Waals surface area contributed by atoms with Gasteiger partial charge in [0.2, 0.25) is 5.78 Å². The third-order valence-corrected chi connectivity index (χ3v) is 5.83. The van der Waals surface area contributed by atoms with Gasteiger partial charge in [-0.3, -0.25) is 4.79 Å². The van der Waals surface area contributed by atoms with Crippen molar-refractivity contribution >= 4 is 21.6 Å². The first-order valence-electron chi connectivity index (χ1n) is 9.34.